The van der Waals surface area contributed by atoms with E-state index in [0.29, 0.717) is 11.3 Å². The average Bonchev–Trinajstić information content (AvgIpc) is 3.03. The molecule has 0 bridgehead atoms. The van der Waals surface area contributed by atoms with E-state index < -0.39 is 11.6 Å². The molecule has 0 radical (unpaired) electrons. The number of hydrogen-bond acceptors (Lipinski definition) is 2. The lowest BCUT2D eigenvalue weighted by Crippen LogP contribution is -2.47. The van der Waals surface area contributed by atoms with Gasteiger partial charge >= 0.3 is 0 Å². The molecule has 2 aromatic carbocycles. The maximum absolute atomic E-state index is 13.8. The first-order valence-electron chi connectivity index (χ1n) is 9.15. The highest BCUT2D eigenvalue weighted by Crippen LogP contribution is 2.42. The highest BCUT2D eigenvalue weighted by Gasteiger charge is 2.41. The third-order valence-corrected chi connectivity index (χ3v) is 5.45. The third-order valence-electron chi connectivity index (χ3n) is 5.45. The van der Waals surface area contributed by atoms with Crippen molar-refractivity contribution in [2.24, 2.45) is 4.99 Å². The molecule has 2 aliphatic rings. The monoisotopic (exact) mass is 368 g/mol. The van der Waals surface area contributed by atoms with Gasteiger partial charge in [-0.25, -0.2) is 13.8 Å². The van der Waals surface area contributed by atoms with E-state index in [0.717, 1.165) is 49.0 Å². The van der Waals surface area contributed by atoms with Crippen LogP contribution in [0.2, 0.25) is 0 Å². The molecule has 1 saturated heterocycles. The Kier molecular flexibility index (Phi) is 4.46. The summed E-state index contributed by atoms with van der Waals surface area (Å²) in [5.41, 5.74) is 2.12. The molecule has 2 aromatic rings. The van der Waals surface area contributed by atoms with Gasteiger partial charge in [-0.1, -0.05) is 12.1 Å². The molecule has 0 unspecified atom stereocenters. The van der Waals surface area contributed by atoms with Crippen molar-refractivity contribution in [1.82, 2.24) is 4.90 Å². The molecule has 3 nitrogen and oxygen atoms in total. The van der Waals surface area contributed by atoms with Gasteiger partial charge in [-0.2, -0.15) is 0 Å². The second kappa shape index (κ2) is 6.80. The molecule has 2 aliphatic heterocycles. The predicted molar refractivity (Wildman–Crippen MR) is 103 cm³/mol. The standard InChI is InChI=1S/C22H22F2N2O/c1-22-8-5-9-26(22)21(25-19-6-3-4-7-20(19)27-2)12-16(14-22)15-10-17(23)13-18(24)11-15/h3-4,6-7,10-13H,5,8-9,14H2,1-2H3/t22-/m0/s1. The van der Waals surface area contributed by atoms with Crippen molar-refractivity contribution in [2.45, 2.75) is 31.7 Å². The van der Waals surface area contributed by atoms with Crippen molar-refractivity contribution in [1.29, 1.82) is 0 Å². The number of hydrogen-bond donors (Lipinski definition) is 0. The summed E-state index contributed by atoms with van der Waals surface area (Å²) in [7, 11) is 1.62. The van der Waals surface area contributed by atoms with Crippen LogP contribution in [0.25, 0.3) is 5.57 Å². The van der Waals surface area contributed by atoms with Gasteiger partial charge in [-0.15, -0.1) is 0 Å². The molecule has 1 fully saturated rings. The molecule has 1 atom stereocenters. The number of fused-ring (bicyclic) bond motifs is 1. The van der Waals surface area contributed by atoms with E-state index in [-0.39, 0.29) is 5.54 Å². The van der Waals surface area contributed by atoms with Crippen molar-refractivity contribution in [3.05, 3.63) is 65.7 Å². The molecule has 0 aromatic heterocycles. The molecule has 0 spiro atoms. The van der Waals surface area contributed by atoms with Crippen LogP contribution in [0.15, 0.2) is 53.5 Å². The number of rotatable bonds is 3. The van der Waals surface area contributed by atoms with E-state index in [9.17, 15) is 8.78 Å². The minimum Gasteiger partial charge on any atom is -0.494 e. The summed E-state index contributed by atoms with van der Waals surface area (Å²) in [5, 5.41) is 0. The van der Waals surface area contributed by atoms with Gasteiger partial charge in [0.1, 0.15) is 28.9 Å². The van der Waals surface area contributed by atoms with Crippen LogP contribution in [0.4, 0.5) is 14.5 Å². The van der Waals surface area contributed by atoms with Crippen molar-refractivity contribution in [3.63, 3.8) is 0 Å². The van der Waals surface area contributed by atoms with Crippen LogP contribution < -0.4 is 4.74 Å². The Morgan fingerprint density at radius 2 is 1.85 bits per heavy atom. The molecule has 0 saturated carbocycles. The first kappa shape index (κ1) is 17.7. The molecule has 27 heavy (non-hydrogen) atoms. The van der Waals surface area contributed by atoms with Crippen LogP contribution in [0.5, 0.6) is 5.75 Å². The lowest BCUT2D eigenvalue weighted by Gasteiger charge is -2.41. The Morgan fingerprint density at radius 1 is 1.11 bits per heavy atom. The van der Waals surface area contributed by atoms with Crippen molar-refractivity contribution >= 4 is 17.1 Å². The lowest BCUT2D eigenvalue weighted by atomic mass is 9.84. The zero-order valence-corrected chi connectivity index (χ0v) is 15.5. The van der Waals surface area contributed by atoms with Gasteiger partial charge < -0.3 is 9.64 Å². The first-order chi connectivity index (χ1) is 13.0. The molecule has 0 amide bonds. The first-order valence-corrected chi connectivity index (χ1v) is 9.15. The minimum absolute atomic E-state index is 0.103. The second-order valence-electron chi connectivity index (χ2n) is 7.40. The van der Waals surface area contributed by atoms with E-state index in [1.54, 1.807) is 7.11 Å². The topological polar surface area (TPSA) is 24.8 Å². The number of benzene rings is 2. The van der Waals surface area contributed by atoms with Gasteiger partial charge in [0.05, 0.1) is 7.11 Å². The Balaban J connectivity index is 1.83. The summed E-state index contributed by atoms with van der Waals surface area (Å²) in [4.78, 5) is 7.16. The van der Waals surface area contributed by atoms with Gasteiger partial charge in [0, 0.05) is 18.2 Å². The number of ether oxygens (including phenoxy) is 1. The Labute approximate surface area is 158 Å². The minimum atomic E-state index is -0.562. The molecule has 2 heterocycles. The Morgan fingerprint density at radius 3 is 2.59 bits per heavy atom. The van der Waals surface area contributed by atoms with E-state index in [1.165, 1.54) is 12.1 Å². The summed E-state index contributed by atoms with van der Waals surface area (Å²) >= 11 is 0. The quantitative estimate of drug-likeness (QED) is 0.730. The van der Waals surface area contributed by atoms with Gasteiger partial charge in [0.15, 0.2) is 0 Å². The summed E-state index contributed by atoms with van der Waals surface area (Å²) < 4.78 is 33.0. The number of amidine groups is 1. The highest BCUT2D eigenvalue weighted by atomic mass is 19.1. The molecular weight excluding hydrogens is 346 g/mol. The zero-order chi connectivity index (χ0) is 19.0. The summed E-state index contributed by atoms with van der Waals surface area (Å²) in [5.74, 6) is 0.384. The summed E-state index contributed by atoms with van der Waals surface area (Å²) in [6, 6.07) is 11.3. The maximum Gasteiger partial charge on any atom is 0.144 e. The van der Waals surface area contributed by atoms with Crippen LogP contribution in [-0.2, 0) is 0 Å². The van der Waals surface area contributed by atoms with E-state index in [1.807, 2.05) is 30.3 Å². The van der Waals surface area contributed by atoms with Crippen LogP contribution in [-0.4, -0.2) is 29.9 Å². The van der Waals surface area contributed by atoms with Crippen molar-refractivity contribution in [3.8, 4) is 5.75 Å². The Bertz CT molecular complexity index is 917. The largest absolute Gasteiger partial charge is 0.494 e. The normalized spacial score (nSPS) is 23.3. The van der Waals surface area contributed by atoms with Crippen molar-refractivity contribution in [2.75, 3.05) is 13.7 Å². The summed E-state index contributed by atoms with van der Waals surface area (Å²) in [6.45, 7) is 3.12. The zero-order valence-electron chi connectivity index (χ0n) is 15.5. The van der Waals surface area contributed by atoms with Gasteiger partial charge in [-0.3, -0.25) is 0 Å². The molecule has 0 aliphatic carbocycles. The lowest BCUT2D eigenvalue weighted by molar-refractivity contribution is 0.257. The SMILES string of the molecule is COc1ccccc1N=C1C=C(c2cc(F)cc(F)c2)C[C@]2(C)CCCN12. The number of para-hydroxylation sites is 2. The smallest absolute Gasteiger partial charge is 0.144 e. The second-order valence-corrected chi connectivity index (χ2v) is 7.40. The van der Waals surface area contributed by atoms with E-state index in [2.05, 4.69) is 11.8 Å². The summed E-state index contributed by atoms with van der Waals surface area (Å²) in [6.07, 6.45) is 4.78. The fraction of sp³-hybridized carbons (Fsp3) is 0.318. The fourth-order valence-electron chi connectivity index (χ4n) is 4.16. The van der Waals surface area contributed by atoms with Crippen molar-refractivity contribution < 1.29 is 13.5 Å². The molecular formula is C22H22F2N2O. The average molecular weight is 368 g/mol. The van der Waals surface area contributed by atoms with Crippen LogP contribution >= 0.6 is 0 Å². The highest BCUT2D eigenvalue weighted by molar-refractivity contribution is 6.03. The van der Waals surface area contributed by atoms with Gasteiger partial charge in [0.2, 0.25) is 0 Å². The molecule has 140 valence electrons. The number of methoxy groups -OCH3 is 1. The Hall–Kier alpha value is -2.69. The molecule has 0 N–H and O–H groups in total. The number of aliphatic imine (C=N–C) groups is 1. The molecule has 4 rings (SSSR count). The molecule has 5 heteroatoms. The number of nitrogens with zero attached hydrogens (tertiary/aromatic N) is 2. The predicted octanol–water partition coefficient (Wildman–Crippen LogP) is 5.35. The van der Waals surface area contributed by atoms with E-state index >= 15 is 0 Å². The fourth-order valence-corrected chi connectivity index (χ4v) is 4.16. The third kappa shape index (κ3) is 3.34. The number of halogens is 2. The maximum atomic E-state index is 13.8. The van der Waals surface area contributed by atoms with E-state index in [4.69, 9.17) is 9.73 Å². The van der Waals surface area contributed by atoms with Gasteiger partial charge in [0.25, 0.3) is 0 Å². The van der Waals surface area contributed by atoms with Crippen LogP contribution in [0.3, 0.4) is 0 Å². The van der Waals surface area contributed by atoms with Crippen LogP contribution in [0.1, 0.15) is 31.7 Å². The van der Waals surface area contributed by atoms with Crippen LogP contribution in [0, 0.1) is 11.6 Å². The van der Waals surface area contributed by atoms with Gasteiger partial charge in [-0.05, 0) is 67.7 Å².